The van der Waals surface area contributed by atoms with Gasteiger partial charge in [0, 0.05) is 5.92 Å². The van der Waals surface area contributed by atoms with E-state index in [9.17, 15) is 15.2 Å². The van der Waals surface area contributed by atoms with E-state index in [0.29, 0.717) is 28.4 Å². The number of nitrogens with zero attached hydrogens (tertiary/aromatic N) is 1. The van der Waals surface area contributed by atoms with Crippen LogP contribution in [-0.4, -0.2) is 25.0 Å². The molecule has 6 heteroatoms. The van der Waals surface area contributed by atoms with Crippen molar-refractivity contribution < 1.29 is 24.1 Å². The fraction of sp³-hybridized carbons (Fsp3) is 0.222. The Labute approximate surface area is 138 Å². The summed E-state index contributed by atoms with van der Waals surface area (Å²) in [7, 11) is 1.56. The zero-order valence-electron chi connectivity index (χ0n) is 12.9. The van der Waals surface area contributed by atoms with Gasteiger partial charge in [-0.3, -0.25) is 4.79 Å². The molecule has 0 fully saturated rings. The molecule has 2 unspecified atom stereocenters. The van der Waals surface area contributed by atoms with Gasteiger partial charge < -0.3 is 19.3 Å². The van der Waals surface area contributed by atoms with E-state index in [1.807, 2.05) is 6.07 Å². The molecule has 0 saturated carbocycles. The van der Waals surface area contributed by atoms with Gasteiger partial charge in [-0.05, 0) is 35.4 Å². The first-order valence-corrected chi connectivity index (χ1v) is 7.30. The van der Waals surface area contributed by atoms with Crippen LogP contribution in [0.5, 0.6) is 17.2 Å². The number of fused-ring (bicyclic) bond motifs is 1. The van der Waals surface area contributed by atoms with E-state index in [1.165, 1.54) is 0 Å². The first kappa shape index (κ1) is 15.7. The van der Waals surface area contributed by atoms with Crippen LogP contribution in [0, 0.1) is 17.2 Å². The molecule has 122 valence electrons. The largest absolute Gasteiger partial charge is 0.497 e. The molecule has 1 aliphatic rings. The first-order chi connectivity index (χ1) is 11.6. The Bertz CT molecular complexity index is 794. The van der Waals surface area contributed by atoms with Crippen LogP contribution in [0.4, 0.5) is 0 Å². The number of methoxy groups -OCH3 is 1. The molecule has 1 N–H and O–H groups in total. The Morgan fingerprint density at radius 1 is 1.17 bits per heavy atom. The summed E-state index contributed by atoms with van der Waals surface area (Å²) in [6, 6.07) is 14.1. The van der Waals surface area contributed by atoms with Gasteiger partial charge >= 0.3 is 5.97 Å². The molecule has 0 saturated heterocycles. The number of rotatable bonds is 5. The summed E-state index contributed by atoms with van der Waals surface area (Å²) in [6.07, 6.45) is 0. The molecule has 0 radical (unpaired) electrons. The van der Waals surface area contributed by atoms with Crippen LogP contribution in [0.2, 0.25) is 0 Å². The van der Waals surface area contributed by atoms with Crippen molar-refractivity contribution in [2.45, 2.75) is 5.92 Å². The number of carboxylic acid groups (broad SMARTS) is 1. The maximum absolute atomic E-state index is 11.6. The molecule has 3 rings (SSSR count). The van der Waals surface area contributed by atoms with Gasteiger partial charge in [0.05, 0.1) is 13.2 Å². The predicted octanol–water partition coefficient (Wildman–Crippen LogP) is 2.78. The smallest absolute Gasteiger partial charge is 0.321 e. The fourth-order valence-electron chi connectivity index (χ4n) is 2.77. The minimum Gasteiger partial charge on any atom is -0.497 e. The molecule has 6 nitrogen and oxygen atoms in total. The molecule has 0 bridgehead atoms. The lowest BCUT2D eigenvalue weighted by Crippen LogP contribution is -2.21. The molecular formula is C18H15NO5. The lowest BCUT2D eigenvalue weighted by molar-refractivity contribution is -0.140. The van der Waals surface area contributed by atoms with Gasteiger partial charge in [0.2, 0.25) is 6.79 Å². The van der Waals surface area contributed by atoms with Crippen LogP contribution >= 0.6 is 0 Å². The number of nitriles is 1. The zero-order chi connectivity index (χ0) is 17.1. The number of ether oxygens (including phenoxy) is 3. The summed E-state index contributed by atoms with van der Waals surface area (Å²) in [6.45, 7) is 0.132. The summed E-state index contributed by atoms with van der Waals surface area (Å²) < 4.78 is 15.8. The Balaban J connectivity index is 2.07. The highest BCUT2D eigenvalue weighted by Gasteiger charge is 2.32. The number of carboxylic acids is 1. The van der Waals surface area contributed by atoms with Gasteiger partial charge in [0.25, 0.3) is 0 Å². The fourth-order valence-corrected chi connectivity index (χ4v) is 2.77. The Kier molecular flexibility index (Phi) is 4.25. The number of hydrogen-bond donors (Lipinski definition) is 1. The number of hydrogen-bond acceptors (Lipinski definition) is 5. The molecule has 0 aromatic heterocycles. The van der Waals surface area contributed by atoms with Crippen molar-refractivity contribution >= 4 is 5.97 Å². The summed E-state index contributed by atoms with van der Waals surface area (Å²) in [5, 5.41) is 18.8. The SMILES string of the molecule is COc1ccc(C(c2ccc3c(c2)OCO3)C(C#N)C(=O)O)cc1. The summed E-state index contributed by atoms with van der Waals surface area (Å²) in [5.74, 6) is -1.21. The second-order valence-electron chi connectivity index (χ2n) is 5.31. The Morgan fingerprint density at radius 3 is 2.46 bits per heavy atom. The highest BCUT2D eigenvalue weighted by atomic mass is 16.7. The second-order valence-corrected chi connectivity index (χ2v) is 5.31. The van der Waals surface area contributed by atoms with Crippen LogP contribution in [0.1, 0.15) is 17.0 Å². The van der Waals surface area contributed by atoms with Crippen molar-refractivity contribution in [2.75, 3.05) is 13.9 Å². The molecule has 2 aromatic carbocycles. The van der Waals surface area contributed by atoms with E-state index in [0.717, 1.165) is 0 Å². The van der Waals surface area contributed by atoms with Crippen molar-refractivity contribution in [3.05, 3.63) is 53.6 Å². The van der Waals surface area contributed by atoms with Crippen LogP contribution < -0.4 is 14.2 Å². The van der Waals surface area contributed by atoms with E-state index >= 15 is 0 Å². The molecule has 2 atom stereocenters. The predicted molar refractivity (Wildman–Crippen MR) is 84.1 cm³/mol. The maximum Gasteiger partial charge on any atom is 0.321 e. The van der Waals surface area contributed by atoms with Gasteiger partial charge in [0.1, 0.15) is 5.75 Å². The van der Waals surface area contributed by atoms with Crippen LogP contribution in [0.15, 0.2) is 42.5 Å². The highest BCUT2D eigenvalue weighted by molar-refractivity contribution is 5.75. The van der Waals surface area contributed by atoms with E-state index < -0.39 is 17.8 Å². The third kappa shape index (κ3) is 2.84. The van der Waals surface area contributed by atoms with Crippen LogP contribution in [0.3, 0.4) is 0 Å². The van der Waals surface area contributed by atoms with E-state index in [2.05, 4.69) is 0 Å². The van der Waals surface area contributed by atoms with Gasteiger partial charge in [0.15, 0.2) is 17.4 Å². The molecule has 1 aliphatic heterocycles. The number of benzene rings is 2. The average molecular weight is 325 g/mol. The monoisotopic (exact) mass is 325 g/mol. The van der Waals surface area contributed by atoms with Gasteiger partial charge in [-0.2, -0.15) is 5.26 Å². The second kappa shape index (κ2) is 6.50. The molecule has 2 aromatic rings. The lowest BCUT2D eigenvalue weighted by atomic mass is 9.81. The summed E-state index contributed by atoms with van der Waals surface area (Å²) in [5.41, 5.74) is 1.39. The van der Waals surface area contributed by atoms with E-state index in [1.54, 1.807) is 49.6 Å². The molecular weight excluding hydrogens is 310 g/mol. The van der Waals surface area contributed by atoms with E-state index in [-0.39, 0.29) is 6.79 Å². The quantitative estimate of drug-likeness (QED) is 0.909. The van der Waals surface area contributed by atoms with Crippen molar-refractivity contribution in [1.29, 1.82) is 5.26 Å². The Hall–Kier alpha value is -3.20. The third-order valence-corrected chi connectivity index (χ3v) is 3.97. The van der Waals surface area contributed by atoms with Crippen molar-refractivity contribution in [2.24, 2.45) is 5.92 Å². The van der Waals surface area contributed by atoms with Gasteiger partial charge in [-0.1, -0.05) is 18.2 Å². The minimum absolute atomic E-state index is 0.132. The van der Waals surface area contributed by atoms with Gasteiger partial charge in [-0.25, -0.2) is 0 Å². The summed E-state index contributed by atoms with van der Waals surface area (Å²) >= 11 is 0. The van der Waals surface area contributed by atoms with Crippen molar-refractivity contribution in [3.8, 4) is 23.3 Å². The number of aliphatic carboxylic acids is 1. The van der Waals surface area contributed by atoms with Crippen LogP contribution in [-0.2, 0) is 4.79 Å². The summed E-state index contributed by atoms with van der Waals surface area (Å²) in [4.78, 5) is 11.6. The minimum atomic E-state index is -1.22. The maximum atomic E-state index is 11.6. The zero-order valence-corrected chi connectivity index (χ0v) is 12.9. The molecule has 0 amide bonds. The average Bonchev–Trinajstić information content (AvgIpc) is 3.07. The first-order valence-electron chi connectivity index (χ1n) is 7.30. The van der Waals surface area contributed by atoms with Crippen molar-refractivity contribution in [1.82, 2.24) is 0 Å². The Morgan fingerprint density at radius 2 is 1.83 bits per heavy atom. The van der Waals surface area contributed by atoms with Crippen molar-refractivity contribution in [3.63, 3.8) is 0 Å². The molecule has 24 heavy (non-hydrogen) atoms. The molecule has 0 spiro atoms. The number of carbonyl (C=O) groups is 1. The highest BCUT2D eigenvalue weighted by Crippen LogP contribution is 2.39. The van der Waals surface area contributed by atoms with Gasteiger partial charge in [-0.15, -0.1) is 0 Å². The topological polar surface area (TPSA) is 88.8 Å². The normalized spacial score (nSPS) is 14.5. The van der Waals surface area contributed by atoms with Crippen LogP contribution in [0.25, 0.3) is 0 Å². The molecule has 0 aliphatic carbocycles. The third-order valence-electron chi connectivity index (χ3n) is 3.97. The lowest BCUT2D eigenvalue weighted by Gasteiger charge is -2.21. The molecule has 1 heterocycles. The standard InChI is InChI=1S/C18H15NO5/c1-22-13-5-2-11(3-6-13)17(14(9-19)18(20)21)12-4-7-15-16(8-12)24-10-23-15/h2-8,14,17H,10H2,1H3,(H,20,21). The van der Waals surface area contributed by atoms with E-state index in [4.69, 9.17) is 14.2 Å².